The first-order chi connectivity index (χ1) is 27.7. The Bertz CT molecular complexity index is 3070. The van der Waals surface area contributed by atoms with E-state index >= 15 is 0 Å². The SMILES string of the molecule is C1=C(c2cccc(-c3nc(-c4ccccc4)nc(-c4ccccc4)n3)c2)CCc2c1oc1cc(-n3c4ccccc4c4ccc(-c5ccccc5)cc43)ccc21. The Labute approximate surface area is 323 Å². The highest BCUT2D eigenvalue weighted by Gasteiger charge is 2.21. The van der Waals surface area contributed by atoms with Crippen LogP contribution in [0.1, 0.15) is 23.3 Å². The Hall–Kier alpha value is -7.37. The van der Waals surface area contributed by atoms with Crippen LogP contribution in [-0.2, 0) is 6.42 Å². The molecule has 0 aliphatic heterocycles. The van der Waals surface area contributed by atoms with Crippen molar-refractivity contribution in [2.45, 2.75) is 12.8 Å². The van der Waals surface area contributed by atoms with E-state index in [1.807, 2.05) is 60.7 Å². The van der Waals surface area contributed by atoms with Crippen molar-refractivity contribution in [3.05, 3.63) is 193 Å². The standard InChI is InChI=1S/C51H34N4O/c1-4-13-33(14-5-1)37-23-26-42-41-21-10-11-22-45(41)55(46(42)30-37)40-25-28-44-43-27-24-38(31-47(43)56-48(44)32-40)36-19-12-20-39(29-36)51-53-49(34-15-6-2-7-16-34)52-50(54-51)35-17-8-3-9-18-35/h1-23,25-26,28-32H,24,27H2. The first-order valence-corrected chi connectivity index (χ1v) is 19.1. The van der Waals surface area contributed by atoms with E-state index in [0.29, 0.717) is 17.5 Å². The molecule has 0 radical (unpaired) electrons. The first-order valence-electron chi connectivity index (χ1n) is 19.1. The van der Waals surface area contributed by atoms with Gasteiger partial charge in [0.2, 0.25) is 0 Å². The van der Waals surface area contributed by atoms with E-state index < -0.39 is 0 Å². The lowest BCUT2D eigenvalue weighted by Gasteiger charge is -2.14. The smallest absolute Gasteiger partial charge is 0.164 e. The van der Waals surface area contributed by atoms with Gasteiger partial charge in [0.1, 0.15) is 11.3 Å². The fraction of sp³-hybridized carbons (Fsp3) is 0.0392. The van der Waals surface area contributed by atoms with E-state index in [4.69, 9.17) is 19.4 Å². The third kappa shape index (κ3) is 5.52. The largest absolute Gasteiger partial charge is 0.456 e. The summed E-state index contributed by atoms with van der Waals surface area (Å²) < 4.78 is 9.09. The number of hydrogen-bond donors (Lipinski definition) is 0. The van der Waals surface area contributed by atoms with E-state index in [1.165, 1.54) is 49.5 Å². The van der Waals surface area contributed by atoms with Gasteiger partial charge >= 0.3 is 0 Å². The highest BCUT2D eigenvalue weighted by atomic mass is 16.3. The zero-order valence-corrected chi connectivity index (χ0v) is 30.4. The molecule has 0 amide bonds. The van der Waals surface area contributed by atoms with Gasteiger partial charge in [0.15, 0.2) is 17.5 Å². The van der Waals surface area contributed by atoms with Gasteiger partial charge in [-0.1, -0.05) is 140 Å². The van der Waals surface area contributed by atoms with Crippen LogP contribution in [0.2, 0.25) is 0 Å². The predicted molar refractivity (Wildman–Crippen MR) is 228 cm³/mol. The van der Waals surface area contributed by atoms with Gasteiger partial charge in [-0.25, -0.2) is 15.0 Å². The molecule has 1 aliphatic carbocycles. The van der Waals surface area contributed by atoms with Crippen LogP contribution in [0, 0.1) is 0 Å². The molecule has 0 unspecified atom stereocenters. The fourth-order valence-electron chi connectivity index (χ4n) is 8.24. The first kappa shape index (κ1) is 32.1. The van der Waals surface area contributed by atoms with Crippen LogP contribution in [-0.4, -0.2) is 19.5 Å². The Balaban J connectivity index is 0.979. The van der Waals surface area contributed by atoms with Crippen molar-refractivity contribution in [3.63, 3.8) is 0 Å². The average Bonchev–Trinajstić information content (AvgIpc) is 3.81. The average molecular weight is 719 g/mol. The molecular formula is C51H34N4O. The van der Waals surface area contributed by atoms with E-state index in [2.05, 4.69) is 126 Å². The summed E-state index contributed by atoms with van der Waals surface area (Å²) >= 11 is 0. The van der Waals surface area contributed by atoms with E-state index in [1.54, 1.807) is 0 Å². The molecule has 0 N–H and O–H groups in total. The van der Waals surface area contributed by atoms with Crippen molar-refractivity contribution < 1.29 is 4.42 Å². The summed E-state index contributed by atoms with van der Waals surface area (Å²) in [5.41, 5.74) is 13.2. The zero-order valence-electron chi connectivity index (χ0n) is 30.4. The highest BCUT2D eigenvalue weighted by Crippen LogP contribution is 2.40. The number of allylic oxidation sites excluding steroid dienone is 1. The minimum atomic E-state index is 0.647. The number of rotatable bonds is 6. The second-order valence-corrected chi connectivity index (χ2v) is 14.4. The number of hydrogen-bond acceptors (Lipinski definition) is 4. The number of furan rings is 1. The maximum Gasteiger partial charge on any atom is 0.164 e. The summed E-state index contributed by atoms with van der Waals surface area (Å²) in [5.74, 6) is 2.88. The van der Waals surface area contributed by atoms with Gasteiger partial charge in [0, 0.05) is 50.2 Å². The molecule has 11 rings (SSSR count). The minimum Gasteiger partial charge on any atom is -0.456 e. The fourth-order valence-corrected chi connectivity index (χ4v) is 8.24. The van der Waals surface area contributed by atoms with E-state index in [0.717, 1.165) is 52.1 Å². The quantitative estimate of drug-likeness (QED) is 0.172. The number of aryl methyl sites for hydroxylation is 1. The molecule has 1 aliphatic rings. The summed E-state index contributed by atoms with van der Waals surface area (Å²) in [7, 11) is 0. The lowest BCUT2D eigenvalue weighted by molar-refractivity contribution is 0.596. The maximum atomic E-state index is 6.72. The molecule has 10 aromatic rings. The zero-order chi connectivity index (χ0) is 37.0. The molecule has 3 aromatic heterocycles. The van der Waals surface area contributed by atoms with E-state index in [9.17, 15) is 0 Å². The topological polar surface area (TPSA) is 56.7 Å². The minimum absolute atomic E-state index is 0.647. The molecule has 56 heavy (non-hydrogen) atoms. The highest BCUT2D eigenvalue weighted by molar-refractivity contribution is 6.10. The molecule has 5 heteroatoms. The van der Waals surface area contributed by atoms with Crippen molar-refractivity contribution in [3.8, 4) is 51.0 Å². The molecular weight excluding hydrogens is 685 g/mol. The van der Waals surface area contributed by atoms with Gasteiger partial charge in [-0.15, -0.1) is 0 Å². The third-order valence-electron chi connectivity index (χ3n) is 11.0. The van der Waals surface area contributed by atoms with Crippen LogP contribution in [0.4, 0.5) is 0 Å². The van der Waals surface area contributed by atoms with Crippen molar-refractivity contribution in [1.29, 1.82) is 0 Å². The number of fused-ring (bicyclic) bond motifs is 6. The molecule has 7 aromatic carbocycles. The Morgan fingerprint density at radius 2 is 1.00 bits per heavy atom. The second-order valence-electron chi connectivity index (χ2n) is 14.4. The van der Waals surface area contributed by atoms with Crippen LogP contribution in [0.25, 0.3) is 95.4 Å². The predicted octanol–water partition coefficient (Wildman–Crippen LogP) is 12.9. The Morgan fingerprint density at radius 1 is 0.411 bits per heavy atom. The summed E-state index contributed by atoms with van der Waals surface area (Å²) in [4.78, 5) is 14.8. The van der Waals surface area contributed by atoms with Crippen LogP contribution >= 0.6 is 0 Å². The Kier molecular flexibility index (Phi) is 7.56. The lowest BCUT2D eigenvalue weighted by Crippen LogP contribution is -2.01. The summed E-state index contributed by atoms with van der Waals surface area (Å²) in [6.45, 7) is 0. The number of nitrogens with zero attached hydrogens (tertiary/aromatic N) is 4. The molecule has 0 saturated carbocycles. The molecule has 0 saturated heterocycles. The maximum absolute atomic E-state index is 6.72. The molecule has 0 spiro atoms. The molecule has 3 heterocycles. The summed E-state index contributed by atoms with van der Waals surface area (Å²) in [5, 5.41) is 3.64. The molecule has 264 valence electrons. The van der Waals surface area contributed by atoms with Crippen LogP contribution in [0.15, 0.2) is 180 Å². The van der Waals surface area contributed by atoms with E-state index in [-0.39, 0.29) is 0 Å². The van der Waals surface area contributed by atoms with Gasteiger partial charge in [-0.05, 0) is 71.5 Å². The second kappa shape index (κ2) is 13.2. The lowest BCUT2D eigenvalue weighted by atomic mass is 9.90. The van der Waals surface area contributed by atoms with Gasteiger partial charge < -0.3 is 8.98 Å². The van der Waals surface area contributed by atoms with Crippen molar-refractivity contribution in [2.24, 2.45) is 0 Å². The third-order valence-corrected chi connectivity index (χ3v) is 11.0. The Morgan fingerprint density at radius 3 is 1.73 bits per heavy atom. The van der Waals surface area contributed by atoms with Gasteiger partial charge in [-0.3, -0.25) is 0 Å². The summed E-state index contributed by atoms with van der Waals surface area (Å²) in [6.07, 6.45) is 4.03. The van der Waals surface area contributed by atoms with Crippen molar-refractivity contribution >= 4 is 44.4 Å². The van der Waals surface area contributed by atoms with Gasteiger partial charge in [-0.2, -0.15) is 0 Å². The molecule has 0 bridgehead atoms. The number of benzene rings is 7. The van der Waals surface area contributed by atoms with Crippen LogP contribution < -0.4 is 0 Å². The normalized spacial score (nSPS) is 12.6. The molecule has 5 nitrogen and oxygen atoms in total. The molecule has 0 atom stereocenters. The van der Waals surface area contributed by atoms with Crippen LogP contribution in [0.5, 0.6) is 0 Å². The monoisotopic (exact) mass is 718 g/mol. The summed E-state index contributed by atoms with van der Waals surface area (Å²) in [6, 6.07) is 61.5. The van der Waals surface area contributed by atoms with Crippen molar-refractivity contribution in [1.82, 2.24) is 19.5 Å². The number of para-hydroxylation sites is 1. The molecule has 0 fully saturated rings. The van der Waals surface area contributed by atoms with Gasteiger partial charge in [0.05, 0.1) is 11.0 Å². The number of aromatic nitrogens is 4. The van der Waals surface area contributed by atoms with Crippen molar-refractivity contribution in [2.75, 3.05) is 0 Å². The van der Waals surface area contributed by atoms with Crippen LogP contribution in [0.3, 0.4) is 0 Å². The van der Waals surface area contributed by atoms with Gasteiger partial charge in [0.25, 0.3) is 0 Å².